The van der Waals surface area contributed by atoms with Crippen LogP contribution in [0.2, 0.25) is 0 Å². The van der Waals surface area contributed by atoms with Crippen molar-refractivity contribution in [3.63, 3.8) is 0 Å². The number of methoxy groups -OCH3 is 1. The third-order valence-electron chi connectivity index (χ3n) is 9.64. The van der Waals surface area contributed by atoms with Gasteiger partial charge in [0, 0.05) is 24.2 Å². The molecule has 7 nitrogen and oxygen atoms in total. The molecule has 2 unspecified atom stereocenters. The first kappa shape index (κ1) is 25.6. The highest BCUT2D eigenvalue weighted by Gasteiger charge is 2.61. The second kappa shape index (κ2) is 10.4. The van der Waals surface area contributed by atoms with E-state index in [-0.39, 0.29) is 61.2 Å². The summed E-state index contributed by atoms with van der Waals surface area (Å²) in [7, 11) is 1.35. The summed E-state index contributed by atoms with van der Waals surface area (Å²) in [6.45, 7) is 0. The van der Waals surface area contributed by atoms with E-state index in [1.807, 2.05) is 6.08 Å². The summed E-state index contributed by atoms with van der Waals surface area (Å²) in [5.74, 6) is -1.26. The molecule has 5 rings (SSSR count). The van der Waals surface area contributed by atoms with E-state index in [1.54, 1.807) is 0 Å². The Morgan fingerprint density at radius 3 is 2.53 bits per heavy atom. The molecule has 0 radical (unpaired) electrons. The third kappa shape index (κ3) is 5.32. The van der Waals surface area contributed by atoms with E-state index in [4.69, 9.17) is 9.47 Å². The van der Waals surface area contributed by atoms with E-state index in [0.717, 1.165) is 38.5 Å². The van der Waals surface area contributed by atoms with E-state index >= 15 is 0 Å². The maximum atomic E-state index is 13.8. The maximum absolute atomic E-state index is 13.8. The van der Waals surface area contributed by atoms with Crippen molar-refractivity contribution in [2.75, 3.05) is 7.11 Å². The number of esters is 2. The first-order valence-corrected chi connectivity index (χ1v) is 14.0. The van der Waals surface area contributed by atoms with Crippen molar-refractivity contribution < 1.29 is 33.8 Å². The summed E-state index contributed by atoms with van der Waals surface area (Å²) in [4.78, 5) is 52.7. The lowest BCUT2D eigenvalue weighted by molar-refractivity contribution is -0.153. The van der Waals surface area contributed by atoms with Crippen molar-refractivity contribution in [3.05, 3.63) is 12.2 Å². The Morgan fingerprint density at radius 2 is 1.78 bits per heavy atom. The first-order chi connectivity index (χ1) is 17.3. The molecule has 7 heteroatoms. The van der Waals surface area contributed by atoms with Gasteiger partial charge >= 0.3 is 11.9 Å². The predicted molar refractivity (Wildman–Crippen MR) is 130 cm³/mol. The smallest absolute Gasteiger partial charge is 0.312 e. The molecule has 198 valence electrons. The van der Waals surface area contributed by atoms with Gasteiger partial charge in [0.2, 0.25) is 0 Å². The highest BCUT2D eigenvalue weighted by atomic mass is 16.5. The van der Waals surface area contributed by atoms with Crippen LogP contribution in [0.4, 0.5) is 0 Å². The Kier molecular flexibility index (Phi) is 7.39. The molecule has 36 heavy (non-hydrogen) atoms. The summed E-state index contributed by atoms with van der Waals surface area (Å²) in [6, 6.07) is 0. The molecule has 1 N–H and O–H groups in total. The Bertz CT molecular complexity index is 915. The Morgan fingerprint density at radius 1 is 1.03 bits per heavy atom. The number of ether oxygens (including phenoxy) is 2. The number of aliphatic hydroxyl groups is 1. The molecular formula is C29H40O7. The van der Waals surface area contributed by atoms with Gasteiger partial charge in [-0.1, -0.05) is 25.0 Å². The van der Waals surface area contributed by atoms with Crippen LogP contribution in [0.1, 0.15) is 83.5 Å². The predicted octanol–water partition coefficient (Wildman–Crippen LogP) is 3.95. The maximum Gasteiger partial charge on any atom is 0.312 e. The first-order valence-electron chi connectivity index (χ1n) is 14.0. The van der Waals surface area contributed by atoms with Gasteiger partial charge in [-0.05, 0) is 75.5 Å². The number of hydrogen-bond donors (Lipinski definition) is 1. The van der Waals surface area contributed by atoms with Gasteiger partial charge in [0.1, 0.15) is 17.7 Å². The molecule has 4 saturated carbocycles. The fourth-order valence-electron chi connectivity index (χ4n) is 7.35. The average Bonchev–Trinajstić information content (AvgIpc) is 3.65. The fourth-order valence-corrected chi connectivity index (χ4v) is 7.35. The van der Waals surface area contributed by atoms with Gasteiger partial charge in [-0.2, -0.15) is 0 Å². The van der Waals surface area contributed by atoms with Gasteiger partial charge in [0.05, 0.1) is 25.0 Å². The van der Waals surface area contributed by atoms with E-state index < -0.39 is 29.3 Å². The van der Waals surface area contributed by atoms with Crippen LogP contribution in [0.5, 0.6) is 0 Å². The minimum Gasteiger partial charge on any atom is -0.469 e. The van der Waals surface area contributed by atoms with Crippen LogP contribution in [-0.4, -0.2) is 47.9 Å². The number of allylic oxidation sites excluding steroid dienone is 2. The van der Waals surface area contributed by atoms with Crippen molar-refractivity contribution >= 4 is 23.5 Å². The highest BCUT2D eigenvalue weighted by Crippen LogP contribution is 2.58. The second-order valence-corrected chi connectivity index (χ2v) is 12.1. The molecule has 0 bridgehead atoms. The van der Waals surface area contributed by atoms with Gasteiger partial charge in [-0.3, -0.25) is 19.2 Å². The summed E-state index contributed by atoms with van der Waals surface area (Å²) in [5.41, 5.74) is -0.852. The van der Waals surface area contributed by atoms with Crippen molar-refractivity contribution in [1.82, 2.24) is 0 Å². The van der Waals surface area contributed by atoms with Gasteiger partial charge in [-0.25, -0.2) is 0 Å². The van der Waals surface area contributed by atoms with Crippen LogP contribution < -0.4 is 0 Å². The van der Waals surface area contributed by atoms with Gasteiger partial charge < -0.3 is 14.6 Å². The molecule has 5 aliphatic carbocycles. The molecule has 0 aromatic carbocycles. The number of carbonyl (C=O) groups is 4. The number of fused-ring (bicyclic) bond motifs is 3. The number of carbonyl (C=O) groups excluding carboxylic acids is 4. The van der Waals surface area contributed by atoms with Crippen LogP contribution >= 0.6 is 0 Å². The van der Waals surface area contributed by atoms with E-state index in [1.165, 1.54) is 13.5 Å². The Hall–Kier alpha value is -2.02. The van der Waals surface area contributed by atoms with Gasteiger partial charge in [0.15, 0.2) is 0 Å². The monoisotopic (exact) mass is 500 g/mol. The zero-order valence-electron chi connectivity index (χ0n) is 21.4. The lowest BCUT2D eigenvalue weighted by Gasteiger charge is -2.24. The molecule has 0 amide bonds. The standard InChI is InChI=1S/C29H40O7/c1-35-28(34)29-15-20(29)8-6-4-2-3-5-7-17(12-26(32)36-22-10-18-9-19(18)11-22)27(33)24-14-21(30)13-23(24)25(31)16-29/h6,8,17-24,30H,2-5,7,9-16H2,1H3/b8-6-/t17-,18-,19+,20-,21+,22?,23-,24?,29-/m1/s1. The quantitative estimate of drug-likeness (QED) is 0.460. The summed E-state index contributed by atoms with van der Waals surface area (Å²) >= 11 is 0. The zero-order chi connectivity index (χ0) is 25.4. The van der Waals surface area contributed by atoms with E-state index in [0.29, 0.717) is 24.7 Å². The molecular weight excluding hydrogens is 460 g/mol. The lowest BCUT2D eigenvalue weighted by Crippen LogP contribution is -2.34. The van der Waals surface area contributed by atoms with Crippen molar-refractivity contribution in [2.24, 2.45) is 40.9 Å². The number of hydrogen-bond acceptors (Lipinski definition) is 7. The van der Waals surface area contributed by atoms with Crippen LogP contribution in [0, 0.1) is 40.9 Å². The second-order valence-electron chi connectivity index (χ2n) is 12.1. The number of ketones is 2. The number of aliphatic hydroxyl groups excluding tert-OH is 1. The molecule has 0 saturated heterocycles. The minimum atomic E-state index is -0.852. The molecule has 0 aliphatic heterocycles. The van der Waals surface area contributed by atoms with Crippen LogP contribution in [-0.2, 0) is 28.7 Å². The van der Waals surface area contributed by atoms with Crippen LogP contribution in [0.3, 0.4) is 0 Å². The molecule has 0 spiro atoms. The Balaban J connectivity index is 1.31. The fraction of sp³-hybridized carbons (Fsp3) is 0.793. The van der Waals surface area contributed by atoms with Gasteiger partial charge in [0.25, 0.3) is 0 Å². The minimum absolute atomic E-state index is 0.0194. The molecule has 4 fully saturated rings. The third-order valence-corrected chi connectivity index (χ3v) is 9.64. The topological polar surface area (TPSA) is 107 Å². The highest BCUT2D eigenvalue weighted by molar-refractivity contribution is 5.96. The lowest BCUT2D eigenvalue weighted by atomic mass is 9.78. The van der Waals surface area contributed by atoms with Gasteiger partial charge in [-0.15, -0.1) is 0 Å². The normalized spacial score (nSPS) is 43.3. The summed E-state index contributed by atoms with van der Waals surface area (Å²) < 4.78 is 10.8. The number of rotatable bonds is 4. The molecule has 0 heterocycles. The zero-order valence-corrected chi connectivity index (χ0v) is 21.4. The summed E-state index contributed by atoms with van der Waals surface area (Å²) in [6.07, 6.45) is 11.9. The molecule has 0 aromatic heterocycles. The molecule has 9 atom stereocenters. The molecule has 0 aromatic rings. The van der Waals surface area contributed by atoms with Crippen molar-refractivity contribution in [2.45, 2.75) is 95.7 Å². The Labute approximate surface area is 213 Å². The van der Waals surface area contributed by atoms with Crippen molar-refractivity contribution in [1.29, 1.82) is 0 Å². The van der Waals surface area contributed by atoms with Crippen molar-refractivity contribution in [3.8, 4) is 0 Å². The average molecular weight is 501 g/mol. The SMILES string of the molecule is COC(=O)[C@]12CC(=O)[C@@H]3C[C@H](O)CC3C(=O)[C@@H](CC(=O)OC3C[C@@H]4C[C@@H]4C3)CCCCC/C=C\[C@@H]1C2. The van der Waals surface area contributed by atoms with Crippen LogP contribution in [0.25, 0.3) is 0 Å². The van der Waals surface area contributed by atoms with E-state index in [9.17, 15) is 24.3 Å². The number of Topliss-reactive ketones (excluding diaryl/α,β-unsaturated/α-hetero) is 2. The molecule has 5 aliphatic rings. The largest absolute Gasteiger partial charge is 0.469 e. The summed E-state index contributed by atoms with van der Waals surface area (Å²) in [5, 5.41) is 10.4. The van der Waals surface area contributed by atoms with E-state index in [2.05, 4.69) is 6.08 Å². The van der Waals surface area contributed by atoms with Crippen LogP contribution in [0.15, 0.2) is 12.2 Å².